The van der Waals surface area contributed by atoms with Gasteiger partial charge in [0.2, 0.25) is 0 Å². The largest absolute Gasteiger partial charge is 0.454 e. The highest BCUT2D eigenvalue weighted by atomic mass is 35.5. The molecular formula is C11H11ClO2. The number of ether oxygens (including phenoxy) is 1. The Bertz CT molecular complexity index is 352. The Kier molecular flexibility index (Phi) is 2.23. The Labute approximate surface area is 87.8 Å². The van der Waals surface area contributed by atoms with Gasteiger partial charge < -0.3 is 4.74 Å². The Morgan fingerprint density at radius 2 is 1.93 bits per heavy atom. The van der Waals surface area contributed by atoms with E-state index in [1.165, 1.54) is 6.92 Å². The maximum absolute atomic E-state index is 10.9. The molecule has 0 saturated heterocycles. The van der Waals surface area contributed by atoms with Crippen LogP contribution in [0, 0.1) is 0 Å². The van der Waals surface area contributed by atoms with E-state index in [0.29, 0.717) is 5.02 Å². The van der Waals surface area contributed by atoms with Crippen molar-refractivity contribution in [3.63, 3.8) is 0 Å². The second kappa shape index (κ2) is 3.28. The van der Waals surface area contributed by atoms with Crippen molar-refractivity contribution in [1.82, 2.24) is 0 Å². The first-order valence-electron chi connectivity index (χ1n) is 4.58. The third-order valence-electron chi connectivity index (χ3n) is 2.41. The van der Waals surface area contributed by atoms with Gasteiger partial charge in [-0.25, -0.2) is 0 Å². The summed E-state index contributed by atoms with van der Waals surface area (Å²) < 4.78 is 5.29. The van der Waals surface area contributed by atoms with E-state index >= 15 is 0 Å². The Morgan fingerprint density at radius 1 is 1.36 bits per heavy atom. The van der Waals surface area contributed by atoms with Gasteiger partial charge in [0.05, 0.1) is 0 Å². The van der Waals surface area contributed by atoms with Gasteiger partial charge in [0, 0.05) is 11.9 Å². The fraction of sp³-hybridized carbons (Fsp3) is 0.364. The van der Waals surface area contributed by atoms with Gasteiger partial charge in [-0.15, -0.1) is 0 Å². The van der Waals surface area contributed by atoms with Crippen LogP contribution in [0.25, 0.3) is 0 Å². The first kappa shape index (κ1) is 9.53. The van der Waals surface area contributed by atoms with Crippen LogP contribution >= 0.6 is 11.6 Å². The quantitative estimate of drug-likeness (QED) is 0.702. The number of carbonyl (C=O) groups excluding carboxylic acids is 1. The third-order valence-corrected chi connectivity index (χ3v) is 2.67. The Morgan fingerprint density at radius 3 is 2.36 bits per heavy atom. The van der Waals surface area contributed by atoms with Gasteiger partial charge in [-0.05, 0) is 30.5 Å². The van der Waals surface area contributed by atoms with Crippen LogP contribution in [0.1, 0.15) is 25.3 Å². The van der Waals surface area contributed by atoms with Gasteiger partial charge in [-0.1, -0.05) is 23.7 Å². The average molecular weight is 211 g/mol. The normalized spacial score (nSPS) is 17.6. The molecule has 1 saturated carbocycles. The zero-order valence-corrected chi connectivity index (χ0v) is 8.67. The summed E-state index contributed by atoms with van der Waals surface area (Å²) in [6.07, 6.45) is 1.82. The van der Waals surface area contributed by atoms with E-state index in [9.17, 15) is 4.79 Å². The van der Waals surface area contributed by atoms with Crippen LogP contribution in [0.2, 0.25) is 5.02 Å². The van der Waals surface area contributed by atoms with Crippen molar-refractivity contribution in [3.05, 3.63) is 34.9 Å². The molecule has 1 aromatic carbocycles. The summed E-state index contributed by atoms with van der Waals surface area (Å²) in [4.78, 5) is 10.9. The van der Waals surface area contributed by atoms with Crippen LogP contribution in [-0.4, -0.2) is 5.97 Å². The van der Waals surface area contributed by atoms with Crippen molar-refractivity contribution in [1.29, 1.82) is 0 Å². The summed E-state index contributed by atoms with van der Waals surface area (Å²) in [6.45, 7) is 1.44. The van der Waals surface area contributed by atoms with Crippen LogP contribution in [-0.2, 0) is 15.1 Å². The molecule has 3 heteroatoms. The van der Waals surface area contributed by atoms with E-state index in [4.69, 9.17) is 16.3 Å². The van der Waals surface area contributed by atoms with Gasteiger partial charge in [-0.2, -0.15) is 0 Å². The highest BCUT2D eigenvalue weighted by Crippen LogP contribution is 2.49. The molecule has 1 aliphatic rings. The number of halogens is 1. The molecule has 1 aliphatic carbocycles. The van der Waals surface area contributed by atoms with E-state index < -0.39 is 0 Å². The van der Waals surface area contributed by atoms with Crippen LogP contribution < -0.4 is 0 Å². The molecule has 2 nitrogen and oxygen atoms in total. The van der Waals surface area contributed by atoms with Crippen molar-refractivity contribution in [2.75, 3.05) is 0 Å². The maximum atomic E-state index is 10.9. The first-order chi connectivity index (χ1) is 6.62. The maximum Gasteiger partial charge on any atom is 0.303 e. The number of hydrogen-bond donors (Lipinski definition) is 0. The highest BCUT2D eigenvalue weighted by molar-refractivity contribution is 6.30. The van der Waals surface area contributed by atoms with Gasteiger partial charge in [0.1, 0.15) is 5.60 Å². The number of rotatable bonds is 2. The molecule has 2 rings (SSSR count). The minimum Gasteiger partial charge on any atom is -0.454 e. The lowest BCUT2D eigenvalue weighted by Crippen LogP contribution is -2.15. The van der Waals surface area contributed by atoms with E-state index in [1.54, 1.807) is 0 Å². The zero-order valence-electron chi connectivity index (χ0n) is 7.92. The molecule has 0 aliphatic heterocycles. The molecular weight excluding hydrogens is 200 g/mol. The highest BCUT2D eigenvalue weighted by Gasteiger charge is 2.47. The molecule has 0 radical (unpaired) electrons. The molecule has 0 N–H and O–H groups in total. The summed E-state index contributed by atoms with van der Waals surface area (Å²) in [5.74, 6) is -0.225. The SMILES string of the molecule is CC(=O)OC1(c2ccc(Cl)cc2)CC1. The van der Waals surface area contributed by atoms with Crippen molar-refractivity contribution in [2.45, 2.75) is 25.4 Å². The van der Waals surface area contributed by atoms with Gasteiger partial charge in [0.15, 0.2) is 0 Å². The molecule has 0 bridgehead atoms. The Balaban J connectivity index is 2.22. The van der Waals surface area contributed by atoms with Crippen molar-refractivity contribution in [3.8, 4) is 0 Å². The minimum atomic E-state index is -0.351. The fourth-order valence-corrected chi connectivity index (χ4v) is 1.72. The minimum absolute atomic E-state index is 0.225. The molecule has 0 atom stereocenters. The monoisotopic (exact) mass is 210 g/mol. The summed E-state index contributed by atoms with van der Waals surface area (Å²) in [7, 11) is 0. The van der Waals surface area contributed by atoms with Crippen LogP contribution in [0.5, 0.6) is 0 Å². The van der Waals surface area contributed by atoms with Crippen molar-refractivity contribution in [2.24, 2.45) is 0 Å². The lowest BCUT2D eigenvalue weighted by molar-refractivity contribution is -0.149. The molecule has 0 aromatic heterocycles. The molecule has 0 heterocycles. The van der Waals surface area contributed by atoms with Gasteiger partial charge >= 0.3 is 5.97 Å². The first-order valence-corrected chi connectivity index (χ1v) is 4.96. The second-order valence-corrected chi connectivity index (χ2v) is 4.03. The molecule has 0 spiro atoms. The molecule has 0 unspecified atom stereocenters. The van der Waals surface area contributed by atoms with E-state index in [0.717, 1.165) is 18.4 Å². The molecule has 0 amide bonds. The summed E-state index contributed by atoms with van der Waals surface area (Å²) >= 11 is 5.78. The number of benzene rings is 1. The van der Waals surface area contributed by atoms with Crippen molar-refractivity contribution >= 4 is 17.6 Å². The number of carbonyl (C=O) groups is 1. The third kappa shape index (κ3) is 1.75. The Hall–Kier alpha value is -1.02. The van der Waals surface area contributed by atoms with E-state index in [-0.39, 0.29) is 11.6 Å². The topological polar surface area (TPSA) is 26.3 Å². The standard InChI is InChI=1S/C11H11ClO2/c1-8(13)14-11(6-7-11)9-2-4-10(12)5-3-9/h2-5H,6-7H2,1H3. The summed E-state index contributed by atoms with van der Waals surface area (Å²) in [5.41, 5.74) is 0.688. The average Bonchev–Trinajstić information content (AvgIpc) is 2.85. The molecule has 1 fully saturated rings. The number of hydrogen-bond acceptors (Lipinski definition) is 2. The molecule has 1 aromatic rings. The molecule has 14 heavy (non-hydrogen) atoms. The lowest BCUT2D eigenvalue weighted by atomic mass is 10.1. The lowest BCUT2D eigenvalue weighted by Gasteiger charge is -2.15. The smallest absolute Gasteiger partial charge is 0.303 e. The van der Waals surface area contributed by atoms with Crippen LogP contribution in [0.4, 0.5) is 0 Å². The van der Waals surface area contributed by atoms with E-state index in [2.05, 4.69) is 0 Å². The molecule has 74 valence electrons. The van der Waals surface area contributed by atoms with Crippen LogP contribution in [0.3, 0.4) is 0 Å². The van der Waals surface area contributed by atoms with Gasteiger partial charge in [-0.3, -0.25) is 4.79 Å². The van der Waals surface area contributed by atoms with Gasteiger partial charge in [0.25, 0.3) is 0 Å². The predicted octanol–water partition coefficient (Wildman–Crippen LogP) is 2.89. The fourth-order valence-electron chi connectivity index (χ4n) is 1.59. The summed E-state index contributed by atoms with van der Waals surface area (Å²) in [5, 5.41) is 0.701. The summed E-state index contributed by atoms with van der Waals surface area (Å²) in [6, 6.07) is 7.47. The zero-order chi connectivity index (χ0) is 10.2. The van der Waals surface area contributed by atoms with E-state index in [1.807, 2.05) is 24.3 Å². The van der Waals surface area contributed by atoms with Crippen LogP contribution in [0.15, 0.2) is 24.3 Å². The second-order valence-electron chi connectivity index (χ2n) is 3.59. The predicted molar refractivity (Wildman–Crippen MR) is 54.1 cm³/mol. The van der Waals surface area contributed by atoms with Crippen molar-refractivity contribution < 1.29 is 9.53 Å². The number of esters is 1.